The first kappa shape index (κ1) is 20.9. The summed E-state index contributed by atoms with van der Waals surface area (Å²) < 4.78 is 27.4. The van der Waals surface area contributed by atoms with E-state index in [9.17, 15) is 13.2 Å². The number of hydrogen-bond donors (Lipinski definition) is 2. The summed E-state index contributed by atoms with van der Waals surface area (Å²) in [4.78, 5) is 12.8. The Morgan fingerprint density at radius 3 is 2.10 bits per heavy atom. The molecule has 0 fully saturated rings. The van der Waals surface area contributed by atoms with E-state index < -0.39 is 10.0 Å². The summed E-state index contributed by atoms with van der Waals surface area (Å²) in [7, 11) is -3.77. The van der Waals surface area contributed by atoms with Crippen LogP contribution in [0.25, 0.3) is 0 Å². The topological polar surface area (TPSA) is 75.3 Å². The van der Waals surface area contributed by atoms with E-state index in [0.29, 0.717) is 5.56 Å². The zero-order valence-corrected chi connectivity index (χ0v) is 17.9. The first-order valence-corrected chi connectivity index (χ1v) is 10.8. The Kier molecular flexibility index (Phi) is 5.96. The van der Waals surface area contributed by atoms with Gasteiger partial charge in [0.15, 0.2) is 0 Å². The average molecular weight is 429 g/mol. The number of anilines is 2. The van der Waals surface area contributed by atoms with Gasteiger partial charge in [0.1, 0.15) is 0 Å². The zero-order chi connectivity index (χ0) is 21.2. The Morgan fingerprint density at radius 2 is 1.52 bits per heavy atom. The van der Waals surface area contributed by atoms with Crippen molar-refractivity contribution in [3.8, 4) is 0 Å². The summed E-state index contributed by atoms with van der Waals surface area (Å²) in [5, 5.41) is 3.04. The van der Waals surface area contributed by atoms with E-state index in [1.807, 2.05) is 32.9 Å². The van der Waals surface area contributed by atoms with E-state index >= 15 is 0 Å². The summed E-state index contributed by atoms with van der Waals surface area (Å²) >= 11 is 6.25. The molecule has 0 saturated heterocycles. The Morgan fingerprint density at radius 1 is 0.897 bits per heavy atom. The normalized spacial score (nSPS) is 11.2. The van der Waals surface area contributed by atoms with E-state index in [4.69, 9.17) is 11.6 Å². The summed E-state index contributed by atoms with van der Waals surface area (Å²) in [5.41, 5.74) is 4.34. The predicted octanol–water partition coefficient (Wildman–Crippen LogP) is 5.32. The van der Waals surface area contributed by atoms with Gasteiger partial charge in [-0.3, -0.25) is 9.52 Å². The Bertz CT molecular complexity index is 1150. The molecule has 0 unspecified atom stereocenters. The van der Waals surface area contributed by atoms with Gasteiger partial charge in [-0.2, -0.15) is 0 Å². The monoisotopic (exact) mass is 428 g/mol. The number of rotatable bonds is 5. The number of amides is 1. The maximum absolute atomic E-state index is 12.7. The second-order valence-electron chi connectivity index (χ2n) is 6.84. The molecule has 0 spiro atoms. The van der Waals surface area contributed by atoms with E-state index in [1.54, 1.807) is 18.2 Å². The van der Waals surface area contributed by atoms with Crippen molar-refractivity contribution in [2.75, 3.05) is 10.0 Å². The fourth-order valence-corrected chi connectivity index (χ4v) is 4.49. The van der Waals surface area contributed by atoms with Crippen molar-refractivity contribution < 1.29 is 13.2 Å². The molecular formula is C22H21ClN2O3S. The van der Waals surface area contributed by atoms with Crippen LogP contribution in [0.5, 0.6) is 0 Å². The van der Waals surface area contributed by atoms with Gasteiger partial charge in [0.2, 0.25) is 0 Å². The minimum Gasteiger partial charge on any atom is -0.322 e. The van der Waals surface area contributed by atoms with Crippen LogP contribution in [0.4, 0.5) is 11.4 Å². The lowest BCUT2D eigenvalue weighted by molar-refractivity contribution is 0.102. The Labute approximate surface area is 175 Å². The molecule has 3 aromatic rings. The maximum Gasteiger partial charge on any atom is 0.261 e. The molecule has 0 atom stereocenters. The fourth-order valence-electron chi connectivity index (χ4n) is 3.11. The lowest BCUT2D eigenvalue weighted by Gasteiger charge is -2.14. The van der Waals surface area contributed by atoms with Gasteiger partial charge in [0, 0.05) is 11.3 Å². The minimum absolute atomic E-state index is 0.128. The third-order valence-corrected chi connectivity index (χ3v) is 6.14. The lowest BCUT2D eigenvalue weighted by Crippen LogP contribution is -2.15. The van der Waals surface area contributed by atoms with Crippen molar-refractivity contribution in [3.63, 3.8) is 0 Å². The highest BCUT2D eigenvalue weighted by molar-refractivity contribution is 7.92. The van der Waals surface area contributed by atoms with Gasteiger partial charge >= 0.3 is 0 Å². The molecule has 3 aromatic carbocycles. The number of benzene rings is 3. The number of hydrogen-bond acceptors (Lipinski definition) is 3. The molecule has 29 heavy (non-hydrogen) atoms. The van der Waals surface area contributed by atoms with Gasteiger partial charge in [0.05, 0.1) is 15.6 Å². The molecular weight excluding hydrogens is 408 g/mol. The van der Waals surface area contributed by atoms with Crippen molar-refractivity contribution in [2.45, 2.75) is 25.7 Å². The molecule has 1 amide bonds. The third-order valence-electron chi connectivity index (χ3n) is 4.44. The summed E-state index contributed by atoms with van der Waals surface area (Å²) in [6, 6.07) is 16.4. The highest BCUT2D eigenvalue weighted by Gasteiger charge is 2.17. The van der Waals surface area contributed by atoms with E-state index in [0.717, 1.165) is 22.4 Å². The number of sulfonamides is 1. The standard InChI is InChI=1S/C22H21ClN2O3S/c1-14-11-15(2)21(16(3)12-14)24-22(26)17-9-10-20(19(23)13-17)25-29(27,28)18-7-5-4-6-8-18/h4-13,25H,1-3H3,(H,24,26). The van der Waals surface area contributed by atoms with E-state index in [-0.39, 0.29) is 21.5 Å². The molecule has 0 heterocycles. The summed E-state index contributed by atoms with van der Waals surface area (Å²) in [6.07, 6.45) is 0. The van der Waals surface area contributed by atoms with Crippen LogP contribution < -0.4 is 10.0 Å². The summed E-state index contributed by atoms with van der Waals surface area (Å²) in [6.45, 7) is 5.87. The fraction of sp³-hybridized carbons (Fsp3) is 0.136. The number of carbonyl (C=O) groups is 1. The quantitative estimate of drug-likeness (QED) is 0.577. The molecule has 0 aliphatic carbocycles. The van der Waals surface area contributed by atoms with Crippen LogP contribution in [0.3, 0.4) is 0 Å². The van der Waals surface area contributed by atoms with Crippen molar-refractivity contribution in [2.24, 2.45) is 0 Å². The van der Waals surface area contributed by atoms with Crippen LogP contribution in [0.15, 0.2) is 65.6 Å². The molecule has 3 rings (SSSR count). The molecule has 0 bridgehead atoms. The van der Waals surface area contributed by atoms with Crippen LogP contribution in [0.1, 0.15) is 27.0 Å². The van der Waals surface area contributed by atoms with Crippen molar-refractivity contribution in [1.82, 2.24) is 0 Å². The predicted molar refractivity (Wildman–Crippen MR) is 117 cm³/mol. The Hall–Kier alpha value is -2.83. The van der Waals surface area contributed by atoms with Crippen LogP contribution >= 0.6 is 11.6 Å². The number of carbonyl (C=O) groups excluding carboxylic acids is 1. The average Bonchev–Trinajstić information content (AvgIpc) is 2.66. The number of nitrogens with one attached hydrogen (secondary N) is 2. The van der Waals surface area contributed by atoms with Crippen LogP contribution in [-0.4, -0.2) is 14.3 Å². The molecule has 0 saturated carbocycles. The largest absolute Gasteiger partial charge is 0.322 e. The third kappa shape index (κ3) is 4.78. The van der Waals surface area contributed by atoms with Gasteiger partial charge in [-0.05, 0) is 62.2 Å². The van der Waals surface area contributed by atoms with Gasteiger partial charge in [0.25, 0.3) is 15.9 Å². The van der Waals surface area contributed by atoms with Crippen LogP contribution in [0, 0.1) is 20.8 Å². The smallest absolute Gasteiger partial charge is 0.261 e. The zero-order valence-electron chi connectivity index (χ0n) is 16.3. The molecule has 2 N–H and O–H groups in total. The Balaban J connectivity index is 1.82. The minimum atomic E-state index is -3.77. The highest BCUT2D eigenvalue weighted by Crippen LogP contribution is 2.27. The van der Waals surface area contributed by atoms with Crippen LogP contribution in [0.2, 0.25) is 5.02 Å². The summed E-state index contributed by atoms with van der Waals surface area (Å²) in [5.74, 6) is -0.320. The van der Waals surface area contributed by atoms with Gasteiger partial charge < -0.3 is 5.32 Å². The highest BCUT2D eigenvalue weighted by atomic mass is 35.5. The lowest BCUT2D eigenvalue weighted by atomic mass is 10.0. The van der Waals surface area contributed by atoms with Gasteiger partial charge in [-0.1, -0.05) is 47.5 Å². The van der Waals surface area contributed by atoms with Crippen LogP contribution in [-0.2, 0) is 10.0 Å². The first-order chi connectivity index (χ1) is 13.7. The van der Waals surface area contributed by atoms with Crippen molar-refractivity contribution in [1.29, 1.82) is 0 Å². The second-order valence-corrected chi connectivity index (χ2v) is 8.93. The maximum atomic E-state index is 12.7. The van der Waals surface area contributed by atoms with E-state index in [2.05, 4.69) is 10.0 Å². The number of halogens is 1. The molecule has 0 aliphatic heterocycles. The number of aryl methyl sites for hydroxylation is 3. The molecule has 0 aromatic heterocycles. The molecule has 0 radical (unpaired) electrons. The van der Waals surface area contributed by atoms with Gasteiger partial charge in [-0.25, -0.2) is 8.42 Å². The van der Waals surface area contributed by atoms with E-state index in [1.165, 1.54) is 30.3 Å². The SMILES string of the molecule is Cc1cc(C)c(NC(=O)c2ccc(NS(=O)(=O)c3ccccc3)c(Cl)c2)c(C)c1. The molecule has 150 valence electrons. The van der Waals surface area contributed by atoms with Gasteiger partial charge in [-0.15, -0.1) is 0 Å². The molecule has 7 heteroatoms. The first-order valence-electron chi connectivity index (χ1n) is 8.94. The second kappa shape index (κ2) is 8.27. The molecule has 0 aliphatic rings. The molecule has 5 nitrogen and oxygen atoms in total. The van der Waals surface area contributed by atoms with Crippen molar-refractivity contribution in [3.05, 3.63) is 87.9 Å². The van der Waals surface area contributed by atoms with Crippen molar-refractivity contribution >= 4 is 38.9 Å².